The van der Waals surface area contributed by atoms with Gasteiger partial charge in [-0.05, 0) is 67.0 Å². The molecule has 0 spiro atoms. The molecule has 1 saturated heterocycles. The summed E-state index contributed by atoms with van der Waals surface area (Å²) in [6.45, 7) is 6.62. The average Bonchev–Trinajstić information content (AvgIpc) is 3.32. The number of thiocarbonyl (C=S) groups is 1. The van der Waals surface area contributed by atoms with Crippen molar-refractivity contribution < 1.29 is 28.5 Å². The van der Waals surface area contributed by atoms with Gasteiger partial charge in [-0.25, -0.2) is 0 Å². The van der Waals surface area contributed by atoms with Gasteiger partial charge in [-0.15, -0.1) is 6.58 Å². The fourth-order valence-corrected chi connectivity index (χ4v) is 3.99. The third kappa shape index (κ3) is 4.85. The first kappa shape index (κ1) is 24.3. The maximum Gasteiger partial charge on any atom is 0.265 e. The van der Waals surface area contributed by atoms with E-state index in [0.717, 1.165) is 11.1 Å². The van der Waals surface area contributed by atoms with Crippen molar-refractivity contribution in [1.82, 2.24) is 9.80 Å². The summed E-state index contributed by atoms with van der Waals surface area (Å²) >= 11 is 5.17. The van der Waals surface area contributed by atoms with E-state index in [1.807, 2.05) is 31.2 Å². The predicted octanol–water partition coefficient (Wildman–Crippen LogP) is 3.72. The van der Waals surface area contributed by atoms with Crippen molar-refractivity contribution in [2.24, 2.45) is 0 Å². The van der Waals surface area contributed by atoms with Crippen LogP contribution in [-0.4, -0.2) is 54.2 Å². The highest BCUT2D eigenvalue weighted by molar-refractivity contribution is 7.80. The minimum absolute atomic E-state index is 0.0182. The first-order valence-electron chi connectivity index (χ1n) is 11.1. The van der Waals surface area contributed by atoms with E-state index in [4.69, 9.17) is 31.2 Å². The number of fused-ring (bicyclic) bond motifs is 1. The van der Waals surface area contributed by atoms with Gasteiger partial charge in [-0.1, -0.05) is 12.1 Å². The summed E-state index contributed by atoms with van der Waals surface area (Å²) in [4.78, 5) is 28.1. The van der Waals surface area contributed by atoms with Crippen molar-refractivity contribution in [2.75, 3.05) is 27.5 Å². The van der Waals surface area contributed by atoms with Gasteiger partial charge in [0.25, 0.3) is 11.8 Å². The third-order valence-electron chi connectivity index (χ3n) is 5.59. The lowest BCUT2D eigenvalue weighted by Crippen LogP contribution is -2.52. The highest BCUT2D eigenvalue weighted by Gasteiger charge is 2.35. The van der Waals surface area contributed by atoms with Crippen LogP contribution >= 0.6 is 12.2 Å². The molecule has 2 aromatic carbocycles. The molecule has 2 aliphatic rings. The zero-order valence-electron chi connectivity index (χ0n) is 19.8. The first-order chi connectivity index (χ1) is 16.8. The molecule has 1 fully saturated rings. The van der Waals surface area contributed by atoms with Gasteiger partial charge in [0.15, 0.2) is 28.1 Å². The average molecular weight is 495 g/mol. The summed E-state index contributed by atoms with van der Waals surface area (Å²) in [5, 5.41) is 0.159. The molecule has 182 valence electrons. The number of nitrogens with zero attached hydrogens (tertiary/aromatic N) is 2. The van der Waals surface area contributed by atoms with Gasteiger partial charge in [0.1, 0.15) is 12.2 Å². The summed E-state index contributed by atoms with van der Waals surface area (Å²) < 4.78 is 22.9. The maximum atomic E-state index is 12.8. The largest absolute Gasteiger partial charge is 0.490 e. The van der Waals surface area contributed by atoms with E-state index in [2.05, 4.69) is 6.58 Å². The Morgan fingerprint density at radius 1 is 1.06 bits per heavy atom. The van der Waals surface area contributed by atoms with E-state index in [1.165, 1.54) is 9.80 Å². The summed E-state index contributed by atoms with van der Waals surface area (Å²) in [5.41, 5.74) is 2.37. The van der Waals surface area contributed by atoms with Crippen molar-refractivity contribution in [3.8, 4) is 23.0 Å². The molecule has 2 amide bonds. The molecule has 35 heavy (non-hydrogen) atoms. The smallest absolute Gasteiger partial charge is 0.265 e. The Hall–Kier alpha value is -3.85. The molecule has 4 rings (SSSR count). The second-order valence-corrected chi connectivity index (χ2v) is 8.34. The fraction of sp³-hybridized carbons (Fsp3) is 0.269. The van der Waals surface area contributed by atoms with Crippen LogP contribution in [0.4, 0.5) is 0 Å². The minimum atomic E-state index is -0.454. The number of benzene rings is 2. The molecule has 0 atom stereocenters. The molecule has 8 nitrogen and oxygen atoms in total. The Labute approximate surface area is 209 Å². The quantitative estimate of drug-likeness (QED) is 0.240. The van der Waals surface area contributed by atoms with Crippen molar-refractivity contribution in [2.45, 2.75) is 20.0 Å². The highest BCUT2D eigenvalue weighted by Crippen LogP contribution is 2.37. The number of hydrogen-bond donors (Lipinski definition) is 0. The molecule has 0 aliphatic carbocycles. The van der Waals surface area contributed by atoms with E-state index in [9.17, 15) is 9.59 Å². The van der Waals surface area contributed by atoms with E-state index >= 15 is 0 Å². The van der Waals surface area contributed by atoms with Crippen LogP contribution < -0.4 is 18.9 Å². The number of carbonyl (C=O) groups is 2. The van der Waals surface area contributed by atoms with E-state index < -0.39 is 11.8 Å². The number of rotatable bonds is 8. The Morgan fingerprint density at radius 3 is 2.46 bits per heavy atom. The van der Waals surface area contributed by atoms with E-state index in [0.29, 0.717) is 41.6 Å². The standard InChI is InChI=1S/C26H26N2O6S/c1-5-7-18-10-17(11-19-24(29)27(3)26(35)28(4)25(19)30)13-22(31-6-2)23(18)32-14-16-8-9-20-21(12-16)34-15-33-20/h5,8-13H,1,6-7,14-15H2,2-4H3. The second-order valence-electron chi connectivity index (χ2n) is 7.98. The summed E-state index contributed by atoms with van der Waals surface area (Å²) in [6, 6.07) is 9.26. The summed E-state index contributed by atoms with van der Waals surface area (Å²) in [5.74, 6) is 1.56. The molecule has 0 saturated carbocycles. The number of likely N-dealkylation sites (N-methyl/N-ethyl adjacent to an activating group) is 2. The second kappa shape index (κ2) is 10.2. The van der Waals surface area contributed by atoms with Crippen LogP contribution in [0.2, 0.25) is 0 Å². The van der Waals surface area contributed by atoms with Crippen LogP contribution in [0.25, 0.3) is 6.08 Å². The monoisotopic (exact) mass is 494 g/mol. The van der Waals surface area contributed by atoms with Gasteiger partial charge in [0, 0.05) is 19.7 Å². The molecule has 0 radical (unpaired) electrons. The zero-order chi connectivity index (χ0) is 25.1. The lowest BCUT2D eigenvalue weighted by atomic mass is 10.0. The van der Waals surface area contributed by atoms with Crippen LogP contribution in [0.3, 0.4) is 0 Å². The Kier molecular flexibility index (Phi) is 7.07. The van der Waals surface area contributed by atoms with Gasteiger partial charge in [0.2, 0.25) is 6.79 Å². The maximum absolute atomic E-state index is 12.8. The lowest BCUT2D eigenvalue weighted by molar-refractivity contribution is -0.132. The predicted molar refractivity (Wildman–Crippen MR) is 135 cm³/mol. The van der Waals surface area contributed by atoms with Crippen LogP contribution in [-0.2, 0) is 22.6 Å². The Bertz CT molecular complexity index is 1210. The van der Waals surface area contributed by atoms with Gasteiger partial charge < -0.3 is 18.9 Å². The molecular formula is C26H26N2O6S. The lowest BCUT2D eigenvalue weighted by Gasteiger charge is -2.31. The molecule has 2 aliphatic heterocycles. The van der Waals surface area contributed by atoms with Crippen molar-refractivity contribution in [3.63, 3.8) is 0 Å². The van der Waals surface area contributed by atoms with Gasteiger partial charge >= 0.3 is 0 Å². The molecule has 0 bridgehead atoms. The van der Waals surface area contributed by atoms with Gasteiger partial charge in [-0.2, -0.15) is 0 Å². The van der Waals surface area contributed by atoms with Gasteiger partial charge in [-0.3, -0.25) is 19.4 Å². The molecule has 9 heteroatoms. The van der Waals surface area contributed by atoms with Crippen LogP contribution in [0.15, 0.2) is 48.6 Å². The Balaban J connectivity index is 1.68. The Morgan fingerprint density at radius 2 is 1.77 bits per heavy atom. The van der Waals surface area contributed by atoms with Crippen molar-refractivity contribution in [3.05, 3.63) is 65.3 Å². The van der Waals surface area contributed by atoms with Crippen molar-refractivity contribution in [1.29, 1.82) is 0 Å². The number of amides is 2. The number of hydrogen-bond acceptors (Lipinski definition) is 7. The number of allylic oxidation sites excluding steroid dienone is 1. The molecule has 0 N–H and O–H groups in total. The number of ether oxygens (including phenoxy) is 4. The first-order valence-corrected chi connectivity index (χ1v) is 11.5. The van der Waals surface area contributed by atoms with Crippen LogP contribution in [0, 0.1) is 0 Å². The van der Waals surface area contributed by atoms with E-state index in [-0.39, 0.29) is 24.1 Å². The zero-order valence-corrected chi connectivity index (χ0v) is 20.6. The van der Waals surface area contributed by atoms with Gasteiger partial charge in [0.05, 0.1) is 6.61 Å². The molecule has 0 aromatic heterocycles. The SMILES string of the molecule is C=CCc1cc(C=C2C(=O)N(C)C(=S)N(C)C2=O)cc(OCC)c1OCc1ccc2c(c1)OCO2. The molecule has 2 aromatic rings. The topological polar surface area (TPSA) is 77.5 Å². The van der Waals surface area contributed by atoms with Crippen LogP contribution in [0.5, 0.6) is 23.0 Å². The normalized spacial score (nSPS) is 14.9. The molecular weight excluding hydrogens is 468 g/mol. The number of carbonyl (C=O) groups excluding carboxylic acids is 2. The molecule has 0 unspecified atom stereocenters. The van der Waals surface area contributed by atoms with Crippen molar-refractivity contribution >= 4 is 35.2 Å². The third-order valence-corrected chi connectivity index (χ3v) is 6.14. The fourth-order valence-electron chi connectivity index (χ4n) is 3.83. The van der Waals surface area contributed by atoms with E-state index in [1.54, 1.807) is 32.3 Å². The highest BCUT2D eigenvalue weighted by atomic mass is 32.1. The molecule has 2 heterocycles. The van der Waals surface area contributed by atoms with Crippen LogP contribution in [0.1, 0.15) is 23.6 Å². The summed E-state index contributed by atoms with van der Waals surface area (Å²) in [7, 11) is 3.09. The minimum Gasteiger partial charge on any atom is -0.490 e. The summed E-state index contributed by atoms with van der Waals surface area (Å²) in [6.07, 6.45) is 3.81.